The average Bonchev–Trinajstić information content (AvgIpc) is 2.90. The third-order valence-corrected chi connectivity index (χ3v) is 4.19. The van der Waals surface area contributed by atoms with Gasteiger partial charge in [-0.3, -0.25) is 9.59 Å². The van der Waals surface area contributed by atoms with Crippen molar-refractivity contribution < 1.29 is 9.59 Å². The number of amides is 2. The van der Waals surface area contributed by atoms with Crippen molar-refractivity contribution in [3.05, 3.63) is 21.9 Å². The van der Waals surface area contributed by atoms with Crippen LogP contribution in [-0.4, -0.2) is 47.8 Å². The average molecular weight is 282 g/mol. The molecule has 0 aliphatic rings. The van der Waals surface area contributed by atoms with Crippen LogP contribution in [0, 0.1) is 0 Å². The molecule has 0 saturated carbocycles. The van der Waals surface area contributed by atoms with Crippen LogP contribution in [0.5, 0.6) is 0 Å². The van der Waals surface area contributed by atoms with E-state index in [-0.39, 0.29) is 11.8 Å². The van der Waals surface area contributed by atoms with Crippen molar-refractivity contribution in [1.82, 2.24) is 9.80 Å². The van der Waals surface area contributed by atoms with Gasteiger partial charge in [0, 0.05) is 26.2 Å². The fourth-order valence-electron chi connectivity index (χ4n) is 1.90. The van der Waals surface area contributed by atoms with Crippen molar-refractivity contribution in [2.24, 2.45) is 0 Å². The second-order valence-electron chi connectivity index (χ2n) is 4.12. The molecule has 0 radical (unpaired) electrons. The lowest BCUT2D eigenvalue weighted by Gasteiger charge is -2.18. The first-order valence-electron chi connectivity index (χ1n) is 6.77. The summed E-state index contributed by atoms with van der Waals surface area (Å²) in [7, 11) is 0. The minimum atomic E-state index is 0.00796. The topological polar surface area (TPSA) is 40.6 Å². The van der Waals surface area contributed by atoms with Gasteiger partial charge in [0.2, 0.25) is 0 Å². The van der Waals surface area contributed by atoms with E-state index >= 15 is 0 Å². The molecule has 0 saturated heterocycles. The predicted molar refractivity (Wildman–Crippen MR) is 78.8 cm³/mol. The summed E-state index contributed by atoms with van der Waals surface area (Å²) in [4.78, 5) is 29.1. The minimum absolute atomic E-state index is 0.00796. The summed E-state index contributed by atoms with van der Waals surface area (Å²) in [6.45, 7) is 10.6. The number of nitrogens with zero attached hydrogens (tertiary/aromatic N) is 2. The first kappa shape index (κ1) is 15.7. The van der Waals surface area contributed by atoms with Crippen molar-refractivity contribution in [2.45, 2.75) is 27.7 Å². The smallest absolute Gasteiger partial charge is 0.263 e. The monoisotopic (exact) mass is 282 g/mol. The molecule has 1 aromatic rings. The highest BCUT2D eigenvalue weighted by Gasteiger charge is 2.19. The molecule has 0 bridgehead atoms. The Morgan fingerprint density at radius 2 is 1.16 bits per heavy atom. The molecule has 19 heavy (non-hydrogen) atoms. The maximum atomic E-state index is 12.2. The number of thiophene rings is 1. The molecule has 0 atom stereocenters. The number of hydrogen-bond acceptors (Lipinski definition) is 3. The van der Waals surface area contributed by atoms with Crippen LogP contribution < -0.4 is 0 Å². The first-order chi connectivity index (χ1) is 9.08. The van der Waals surface area contributed by atoms with E-state index in [9.17, 15) is 9.59 Å². The summed E-state index contributed by atoms with van der Waals surface area (Å²) in [6.07, 6.45) is 0. The quantitative estimate of drug-likeness (QED) is 0.805. The van der Waals surface area contributed by atoms with Crippen LogP contribution in [0.25, 0.3) is 0 Å². The zero-order chi connectivity index (χ0) is 14.4. The van der Waals surface area contributed by atoms with E-state index in [0.717, 1.165) is 0 Å². The van der Waals surface area contributed by atoms with Gasteiger partial charge in [0.1, 0.15) is 0 Å². The molecule has 1 rings (SSSR count). The number of rotatable bonds is 6. The highest BCUT2D eigenvalue weighted by atomic mass is 32.1. The van der Waals surface area contributed by atoms with Crippen LogP contribution in [0.4, 0.5) is 0 Å². The van der Waals surface area contributed by atoms with E-state index in [0.29, 0.717) is 35.9 Å². The summed E-state index contributed by atoms with van der Waals surface area (Å²) in [5.74, 6) is 0.0159. The molecule has 0 N–H and O–H groups in total. The van der Waals surface area contributed by atoms with Gasteiger partial charge in [-0.1, -0.05) is 0 Å². The standard InChI is InChI=1S/C14H22N2O2S/c1-5-15(6-2)13(17)11-9-10-12(19-11)14(18)16(7-3)8-4/h9-10H,5-8H2,1-4H3. The molecule has 1 heterocycles. The lowest BCUT2D eigenvalue weighted by Crippen LogP contribution is -2.30. The molecular formula is C14H22N2O2S. The Labute approximate surface area is 119 Å². The van der Waals surface area contributed by atoms with Gasteiger partial charge in [-0.15, -0.1) is 11.3 Å². The van der Waals surface area contributed by atoms with E-state index < -0.39 is 0 Å². The molecule has 4 nitrogen and oxygen atoms in total. The largest absolute Gasteiger partial charge is 0.339 e. The van der Waals surface area contributed by atoms with Crippen LogP contribution in [0.15, 0.2) is 12.1 Å². The second kappa shape index (κ2) is 7.28. The van der Waals surface area contributed by atoms with Gasteiger partial charge in [-0.2, -0.15) is 0 Å². The van der Waals surface area contributed by atoms with Crippen LogP contribution in [0.3, 0.4) is 0 Å². The summed E-state index contributed by atoms with van der Waals surface area (Å²) in [5, 5.41) is 0. The summed E-state index contributed by atoms with van der Waals surface area (Å²) in [5.41, 5.74) is 0. The Bertz CT molecular complexity index is 396. The van der Waals surface area contributed by atoms with E-state index in [1.807, 2.05) is 27.7 Å². The van der Waals surface area contributed by atoms with Crippen molar-refractivity contribution >= 4 is 23.2 Å². The third-order valence-electron chi connectivity index (χ3n) is 3.13. The summed E-state index contributed by atoms with van der Waals surface area (Å²) in [6, 6.07) is 3.50. The van der Waals surface area contributed by atoms with E-state index in [1.165, 1.54) is 11.3 Å². The zero-order valence-electron chi connectivity index (χ0n) is 12.1. The maximum absolute atomic E-state index is 12.2. The van der Waals surface area contributed by atoms with Gasteiger partial charge in [0.25, 0.3) is 11.8 Å². The van der Waals surface area contributed by atoms with Gasteiger partial charge in [0.15, 0.2) is 0 Å². The Morgan fingerprint density at radius 1 is 0.842 bits per heavy atom. The molecule has 0 aliphatic carbocycles. The number of carbonyl (C=O) groups is 2. The molecule has 0 spiro atoms. The molecule has 1 aromatic heterocycles. The molecule has 5 heteroatoms. The Kier molecular flexibility index (Phi) is 6.02. The second-order valence-corrected chi connectivity index (χ2v) is 5.20. The van der Waals surface area contributed by atoms with Crippen molar-refractivity contribution in [3.8, 4) is 0 Å². The van der Waals surface area contributed by atoms with Crippen molar-refractivity contribution in [3.63, 3.8) is 0 Å². The molecule has 2 amide bonds. The van der Waals surface area contributed by atoms with Crippen LogP contribution in [0.1, 0.15) is 47.0 Å². The zero-order valence-corrected chi connectivity index (χ0v) is 12.9. The van der Waals surface area contributed by atoms with Crippen LogP contribution in [-0.2, 0) is 0 Å². The summed E-state index contributed by atoms with van der Waals surface area (Å²) < 4.78 is 0. The van der Waals surface area contributed by atoms with Crippen LogP contribution in [0.2, 0.25) is 0 Å². The molecule has 0 aliphatic heterocycles. The Balaban J connectivity index is 2.88. The van der Waals surface area contributed by atoms with E-state index in [1.54, 1.807) is 21.9 Å². The minimum Gasteiger partial charge on any atom is -0.339 e. The van der Waals surface area contributed by atoms with Crippen LogP contribution >= 0.6 is 11.3 Å². The van der Waals surface area contributed by atoms with Crippen molar-refractivity contribution in [1.29, 1.82) is 0 Å². The van der Waals surface area contributed by atoms with E-state index in [2.05, 4.69) is 0 Å². The fraction of sp³-hybridized carbons (Fsp3) is 0.571. The predicted octanol–water partition coefficient (Wildman–Crippen LogP) is 2.71. The third kappa shape index (κ3) is 3.56. The first-order valence-corrected chi connectivity index (χ1v) is 7.58. The molecule has 0 fully saturated rings. The molecular weight excluding hydrogens is 260 g/mol. The normalized spacial score (nSPS) is 10.3. The number of carbonyl (C=O) groups excluding carboxylic acids is 2. The highest BCUT2D eigenvalue weighted by Crippen LogP contribution is 2.20. The SMILES string of the molecule is CCN(CC)C(=O)c1ccc(C(=O)N(CC)CC)s1. The fourth-order valence-corrected chi connectivity index (χ4v) is 2.84. The van der Waals surface area contributed by atoms with Gasteiger partial charge in [-0.25, -0.2) is 0 Å². The number of hydrogen-bond donors (Lipinski definition) is 0. The molecule has 0 unspecified atom stereocenters. The van der Waals surface area contributed by atoms with E-state index in [4.69, 9.17) is 0 Å². The maximum Gasteiger partial charge on any atom is 0.263 e. The van der Waals surface area contributed by atoms with Gasteiger partial charge in [0.05, 0.1) is 9.75 Å². The molecule has 106 valence electrons. The Morgan fingerprint density at radius 3 is 1.42 bits per heavy atom. The molecule has 0 aromatic carbocycles. The van der Waals surface area contributed by atoms with Gasteiger partial charge >= 0.3 is 0 Å². The Hall–Kier alpha value is -1.36. The summed E-state index contributed by atoms with van der Waals surface area (Å²) >= 11 is 1.28. The lowest BCUT2D eigenvalue weighted by atomic mass is 10.3. The van der Waals surface area contributed by atoms with Gasteiger partial charge in [-0.05, 0) is 39.8 Å². The van der Waals surface area contributed by atoms with Gasteiger partial charge < -0.3 is 9.80 Å². The lowest BCUT2D eigenvalue weighted by molar-refractivity contribution is 0.0771. The highest BCUT2D eigenvalue weighted by molar-refractivity contribution is 7.15. The van der Waals surface area contributed by atoms with Crippen molar-refractivity contribution in [2.75, 3.05) is 26.2 Å².